The molecule has 0 heterocycles. The topological polar surface area (TPSA) is 26.3 Å². The summed E-state index contributed by atoms with van der Waals surface area (Å²) in [4.78, 5) is 10.8. The first-order chi connectivity index (χ1) is 7.83. The largest absolute Gasteiger partial charge is 0.459 e. The van der Waals surface area contributed by atoms with Crippen molar-refractivity contribution >= 4 is 17.7 Å². The number of carbonyl (C=O) groups is 1. The van der Waals surface area contributed by atoms with E-state index in [9.17, 15) is 13.6 Å². The minimum atomic E-state index is -2.18. The van der Waals surface area contributed by atoms with E-state index in [1.807, 2.05) is 13.8 Å². The number of thioether (sulfide) groups is 1. The van der Waals surface area contributed by atoms with E-state index >= 15 is 0 Å². The Hall–Kier alpha value is -0.320. The molecule has 0 aliphatic carbocycles. The van der Waals surface area contributed by atoms with Crippen molar-refractivity contribution < 1.29 is 18.3 Å². The molecule has 0 spiro atoms. The van der Waals surface area contributed by atoms with Gasteiger partial charge in [0.1, 0.15) is 5.60 Å². The fourth-order valence-electron chi connectivity index (χ4n) is 1.42. The number of ether oxygens (including phenoxy) is 1. The maximum Gasteiger partial charge on any atom is 0.303 e. The molecule has 17 heavy (non-hydrogen) atoms. The van der Waals surface area contributed by atoms with E-state index in [0.29, 0.717) is 6.42 Å². The molecule has 0 saturated heterocycles. The molecule has 0 aliphatic heterocycles. The Balaban J connectivity index is 3.41. The first kappa shape index (κ1) is 16.7. The van der Waals surface area contributed by atoms with E-state index in [2.05, 4.69) is 0 Å². The second-order valence-electron chi connectivity index (χ2n) is 4.65. The molecule has 0 unspecified atom stereocenters. The summed E-state index contributed by atoms with van der Waals surface area (Å²) in [5, 5.41) is 0. The summed E-state index contributed by atoms with van der Waals surface area (Å²) in [6.45, 7) is 5.15. The zero-order valence-corrected chi connectivity index (χ0v) is 11.6. The van der Waals surface area contributed by atoms with Gasteiger partial charge in [0.05, 0.1) is 0 Å². The molecule has 0 aromatic rings. The van der Waals surface area contributed by atoms with E-state index in [-0.39, 0.29) is 12.4 Å². The van der Waals surface area contributed by atoms with Crippen LogP contribution in [0.3, 0.4) is 0 Å². The van der Waals surface area contributed by atoms with E-state index in [4.69, 9.17) is 4.74 Å². The Morgan fingerprint density at radius 3 is 2.47 bits per heavy atom. The molecule has 0 rings (SSSR count). The lowest BCUT2D eigenvalue weighted by Gasteiger charge is -2.23. The van der Waals surface area contributed by atoms with E-state index in [0.717, 1.165) is 24.3 Å². The van der Waals surface area contributed by atoms with Crippen molar-refractivity contribution in [1.29, 1.82) is 0 Å². The van der Waals surface area contributed by atoms with Crippen molar-refractivity contribution in [2.45, 2.75) is 58.5 Å². The van der Waals surface area contributed by atoms with Crippen LogP contribution in [0.2, 0.25) is 0 Å². The molecule has 0 radical (unpaired) electrons. The van der Waals surface area contributed by atoms with Gasteiger partial charge < -0.3 is 4.74 Å². The van der Waals surface area contributed by atoms with Gasteiger partial charge in [0.15, 0.2) is 0 Å². The first-order valence-corrected chi connectivity index (χ1v) is 7.04. The molecular weight excluding hydrogens is 246 g/mol. The Bertz CT molecular complexity index is 221. The highest BCUT2D eigenvalue weighted by Gasteiger charge is 2.20. The standard InChI is InChI=1S/C12H22F2O2S/c1-10(15)16-12(2,3)9-17-8-6-4-5-7-11(13)14/h11H,4-9H2,1-3H3. The van der Waals surface area contributed by atoms with Crippen molar-refractivity contribution in [1.82, 2.24) is 0 Å². The molecule has 0 aliphatic rings. The second-order valence-corrected chi connectivity index (χ2v) is 5.75. The van der Waals surface area contributed by atoms with E-state index in [1.165, 1.54) is 6.92 Å². The average Bonchev–Trinajstić information content (AvgIpc) is 2.13. The van der Waals surface area contributed by atoms with Gasteiger partial charge in [-0.1, -0.05) is 6.42 Å². The smallest absolute Gasteiger partial charge is 0.303 e. The fraction of sp³-hybridized carbons (Fsp3) is 0.917. The van der Waals surface area contributed by atoms with E-state index < -0.39 is 12.0 Å². The van der Waals surface area contributed by atoms with Crippen LogP contribution >= 0.6 is 11.8 Å². The quantitative estimate of drug-likeness (QED) is 0.469. The third kappa shape index (κ3) is 11.9. The predicted molar refractivity (Wildman–Crippen MR) is 67.6 cm³/mol. The molecule has 0 bridgehead atoms. The number of halogens is 2. The minimum Gasteiger partial charge on any atom is -0.459 e. The third-order valence-electron chi connectivity index (χ3n) is 2.08. The molecule has 0 aromatic carbocycles. The highest BCUT2D eigenvalue weighted by molar-refractivity contribution is 7.99. The summed E-state index contributed by atoms with van der Waals surface area (Å²) >= 11 is 1.70. The lowest BCUT2D eigenvalue weighted by molar-refractivity contribution is -0.151. The van der Waals surface area contributed by atoms with Gasteiger partial charge in [-0.25, -0.2) is 8.78 Å². The van der Waals surface area contributed by atoms with Crippen LogP contribution in [0, 0.1) is 0 Å². The number of carbonyl (C=O) groups excluding carboxylic acids is 1. The van der Waals surface area contributed by atoms with Gasteiger partial charge in [0.2, 0.25) is 6.43 Å². The van der Waals surface area contributed by atoms with Crippen LogP contribution in [0.15, 0.2) is 0 Å². The van der Waals surface area contributed by atoms with E-state index in [1.54, 1.807) is 11.8 Å². The first-order valence-electron chi connectivity index (χ1n) is 5.89. The summed E-state index contributed by atoms with van der Waals surface area (Å²) in [7, 11) is 0. The SMILES string of the molecule is CC(=O)OC(C)(C)CSCCCCCC(F)F. The summed E-state index contributed by atoms with van der Waals surface area (Å²) < 4.78 is 28.8. The van der Waals surface area contributed by atoms with Crippen molar-refractivity contribution in [3.8, 4) is 0 Å². The molecule has 0 amide bonds. The van der Waals surface area contributed by atoms with Crippen LogP contribution in [-0.2, 0) is 9.53 Å². The normalized spacial score (nSPS) is 11.9. The highest BCUT2D eigenvalue weighted by atomic mass is 32.2. The zero-order valence-electron chi connectivity index (χ0n) is 10.8. The number of hydrogen-bond acceptors (Lipinski definition) is 3. The second kappa shape index (κ2) is 8.72. The van der Waals surface area contributed by atoms with Crippen LogP contribution in [0.4, 0.5) is 8.78 Å². The number of unbranched alkanes of at least 4 members (excludes halogenated alkanes) is 2. The Kier molecular flexibility index (Phi) is 8.56. The summed E-state index contributed by atoms with van der Waals surface area (Å²) in [5.41, 5.74) is -0.445. The molecule has 0 aromatic heterocycles. The lowest BCUT2D eigenvalue weighted by atomic mass is 10.2. The van der Waals surface area contributed by atoms with Crippen molar-refractivity contribution in [3.05, 3.63) is 0 Å². The molecule has 0 saturated carbocycles. The summed E-state index contributed by atoms with van der Waals surface area (Å²) in [6.07, 6.45) is 0.194. The van der Waals surface area contributed by atoms with Gasteiger partial charge in [-0.2, -0.15) is 11.8 Å². The number of rotatable bonds is 9. The molecule has 102 valence electrons. The Morgan fingerprint density at radius 2 is 1.94 bits per heavy atom. The van der Waals surface area contributed by atoms with Crippen LogP contribution in [0.5, 0.6) is 0 Å². The molecule has 0 atom stereocenters. The number of hydrogen-bond donors (Lipinski definition) is 0. The van der Waals surface area contributed by atoms with Crippen molar-refractivity contribution in [3.63, 3.8) is 0 Å². The summed E-state index contributed by atoms with van der Waals surface area (Å²) in [6, 6.07) is 0. The van der Waals surface area contributed by atoms with Gasteiger partial charge in [0.25, 0.3) is 0 Å². The molecular formula is C12H22F2O2S. The molecule has 2 nitrogen and oxygen atoms in total. The number of esters is 1. The minimum absolute atomic E-state index is 0.00358. The van der Waals surface area contributed by atoms with Gasteiger partial charge in [-0.3, -0.25) is 4.79 Å². The lowest BCUT2D eigenvalue weighted by Crippen LogP contribution is -2.29. The van der Waals surface area contributed by atoms with Crippen LogP contribution in [0.25, 0.3) is 0 Å². The molecule has 0 fully saturated rings. The van der Waals surface area contributed by atoms with Crippen LogP contribution < -0.4 is 0 Å². The Morgan fingerprint density at radius 1 is 1.29 bits per heavy atom. The monoisotopic (exact) mass is 268 g/mol. The van der Waals surface area contributed by atoms with Crippen molar-refractivity contribution in [2.75, 3.05) is 11.5 Å². The molecule has 5 heteroatoms. The molecule has 0 N–H and O–H groups in total. The zero-order chi connectivity index (χ0) is 13.3. The predicted octanol–water partition coefficient (Wildman–Crippen LogP) is 3.89. The maximum atomic E-state index is 11.8. The van der Waals surface area contributed by atoms with Crippen LogP contribution in [0.1, 0.15) is 46.5 Å². The van der Waals surface area contributed by atoms with Gasteiger partial charge in [-0.05, 0) is 32.4 Å². The number of alkyl halides is 2. The van der Waals surface area contributed by atoms with Gasteiger partial charge >= 0.3 is 5.97 Å². The fourth-order valence-corrected chi connectivity index (χ4v) is 2.52. The Labute approximate surface area is 106 Å². The highest BCUT2D eigenvalue weighted by Crippen LogP contribution is 2.19. The summed E-state index contributed by atoms with van der Waals surface area (Å²) in [5.74, 6) is 1.39. The van der Waals surface area contributed by atoms with Gasteiger partial charge in [0, 0.05) is 19.1 Å². The third-order valence-corrected chi connectivity index (χ3v) is 3.56. The maximum absolute atomic E-state index is 11.8. The van der Waals surface area contributed by atoms with Gasteiger partial charge in [-0.15, -0.1) is 0 Å². The van der Waals surface area contributed by atoms with Crippen molar-refractivity contribution in [2.24, 2.45) is 0 Å². The van der Waals surface area contributed by atoms with Crippen LogP contribution in [-0.4, -0.2) is 29.5 Å². The average molecular weight is 268 g/mol.